The van der Waals surface area contributed by atoms with Crippen molar-refractivity contribution >= 4 is 38.5 Å². The minimum atomic E-state index is 0.359. The van der Waals surface area contributed by atoms with E-state index >= 15 is 0 Å². The first-order chi connectivity index (χ1) is 8.65. The topological polar surface area (TPSA) is 12.0 Å². The van der Waals surface area contributed by atoms with Gasteiger partial charge in [0.05, 0.1) is 0 Å². The summed E-state index contributed by atoms with van der Waals surface area (Å²) in [6.07, 6.45) is 0. The molecule has 0 amide bonds. The molecule has 0 unspecified atom stereocenters. The number of nitrogens with one attached hydrogen (secondary N) is 1. The predicted octanol–water partition coefficient (Wildman–Crippen LogP) is 4.90. The Morgan fingerprint density at radius 1 is 1.06 bits per heavy atom. The van der Waals surface area contributed by atoms with Crippen molar-refractivity contribution in [1.29, 1.82) is 0 Å². The van der Waals surface area contributed by atoms with Gasteiger partial charge in [-0.1, -0.05) is 40.2 Å². The van der Waals surface area contributed by atoms with Crippen LogP contribution in [0.3, 0.4) is 0 Å². The molecule has 0 aliphatic heterocycles. The third kappa shape index (κ3) is 4.07. The van der Waals surface area contributed by atoms with Crippen molar-refractivity contribution in [3.05, 3.63) is 67.7 Å². The zero-order valence-electron chi connectivity index (χ0n) is 10.2. The molecule has 3 heteroatoms. The average molecular weight is 416 g/mol. The van der Waals surface area contributed by atoms with Crippen LogP contribution in [0.4, 0.5) is 0 Å². The quantitative estimate of drug-likeness (QED) is 0.700. The molecule has 0 spiro atoms. The Kier molecular flexibility index (Phi) is 5.21. The van der Waals surface area contributed by atoms with Gasteiger partial charge in [-0.05, 0) is 64.9 Å². The van der Waals surface area contributed by atoms with E-state index < -0.39 is 0 Å². The standard InChI is InChI=1S/C15H15BrIN/c1-11(13-4-6-14(16)7-5-13)18-10-12-2-8-15(17)9-3-12/h2-9,11,18H,10H2,1H3/t11-/m1/s1. The van der Waals surface area contributed by atoms with Crippen molar-refractivity contribution in [2.45, 2.75) is 19.5 Å². The fourth-order valence-corrected chi connectivity index (χ4v) is 2.37. The predicted molar refractivity (Wildman–Crippen MR) is 88.6 cm³/mol. The fraction of sp³-hybridized carbons (Fsp3) is 0.200. The molecular formula is C15H15BrIN. The van der Waals surface area contributed by atoms with Gasteiger partial charge in [-0.2, -0.15) is 0 Å². The first kappa shape index (κ1) is 14.0. The van der Waals surface area contributed by atoms with Crippen molar-refractivity contribution in [2.75, 3.05) is 0 Å². The molecule has 0 aliphatic rings. The second kappa shape index (κ2) is 6.68. The summed E-state index contributed by atoms with van der Waals surface area (Å²) in [5.74, 6) is 0. The van der Waals surface area contributed by atoms with Crippen LogP contribution < -0.4 is 5.32 Å². The molecule has 0 fully saturated rings. The summed E-state index contributed by atoms with van der Waals surface area (Å²) < 4.78 is 2.40. The molecule has 1 N–H and O–H groups in total. The molecule has 2 aromatic carbocycles. The van der Waals surface area contributed by atoms with Gasteiger partial charge in [0.1, 0.15) is 0 Å². The van der Waals surface area contributed by atoms with Gasteiger partial charge in [0, 0.05) is 20.6 Å². The van der Waals surface area contributed by atoms with Crippen molar-refractivity contribution in [1.82, 2.24) is 5.32 Å². The minimum absolute atomic E-state index is 0.359. The largest absolute Gasteiger partial charge is 0.306 e. The molecule has 0 aromatic heterocycles. The molecule has 0 radical (unpaired) electrons. The molecule has 1 atom stereocenters. The van der Waals surface area contributed by atoms with Gasteiger partial charge >= 0.3 is 0 Å². The summed E-state index contributed by atoms with van der Waals surface area (Å²) in [5.41, 5.74) is 2.63. The highest BCUT2D eigenvalue weighted by Gasteiger charge is 2.04. The molecule has 2 aromatic rings. The van der Waals surface area contributed by atoms with E-state index in [1.54, 1.807) is 0 Å². The van der Waals surface area contributed by atoms with Gasteiger partial charge < -0.3 is 5.32 Å². The highest BCUT2D eigenvalue weighted by Crippen LogP contribution is 2.17. The minimum Gasteiger partial charge on any atom is -0.306 e. The summed E-state index contributed by atoms with van der Waals surface area (Å²) in [7, 11) is 0. The van der Waals surface area contributed by atoms with E-state index in [1.807, 2.05) is 0 Å². The van der Waals surface area contributed by atoms with Crippen LogP contribution in [-0.2, 0) is 6.54 Å². The number of benzene rings is 2. The first-order valence-corrected chi connectivity index (χ1v) is 7.75. The second-order valence-electron chi connectivity index (χ2n) is 4.28. The lowest BCUT2D eigenvalue weighted by Gasteiger charge is -2.14. The van der Waals surface area contributed by atoms with E-state index in [4.69, 9.17) is 0 Å². The molecular weight excluding hydrogens is 401 g/mol. The lowest BCUT2D eigenvalue weighted by molar-refractivity contribution is 0.574. The Labute approximate surface area is 130 Å². The molecule has 1 nitrogen and oxygen atoms in total. The maximum atomic E-state index is 3.54. The molecule has 0 bridgehead atoms. The molecule has 18 heavy (non-hydrogen) atoms. The van der Waals surface area contributed by atoms with E-state index in [-0.39, 0.29) is 0 Å². The van der Waals surface area contributed by atoms with Gasteiger partial charge in [-0.3, -0.25) is 0 Å². The highest BCUT2D eigenvalue weighted by molar-refractivity contribution is 14.1. The van der Waals surface area contributed by atoms with Gasteiger partial charge in [-0.15, -0.1) is 0 Å². The van der Waals surface area contributed by atoms with Crippen LogP contribution in [0.2, 0.25) is 0 Å². The fourth-order valence-electron chi connectivity index (χ4n) is 1.74. The molecule has 94 valence electrons. The van der Waals surface area contributed by atoms with Crippen LogP contribution >= 0.6 is 38.5 Å². The Bertz CT molecular complexity index is 493. The van der Waals surface area contributed by atoms with Crippen LogP contribution in [0.25, 0.3) is 0 Å². The molecule has 2 rings (SSSR count). The third-order valence-electron chi connectivity index (χ3n) is 2.90. The van der Waals surface area contributed by atoms with Crippen LogP contribution in [0.15, 0.2) is 53.0 Å². The number of hydrogen-bond donors (Lipinski definition) is 1. The van der Waals surface area contributed by atoms with Crippen LogP contribution in [0.1, 0.15) is 24.1 Å². The normalized spacial score (nSPS) is 12.4. The molecule has 0 heterocycles. The molecule has 0 saturated heterocycles. The summed E-state index contributed by atoms with van der Waals surface area (Å²) in [6, 6.07) is 17.4. The summed E-state index contributed by atoms with van der Waals surface area (Å²) in [4.78, 5) is 0. The summed E-state index contributed by atoms with van der Waals surface area (Å²) in [5, 5.41) is 3.54. The van der Waals surface area contributed by atoms with Gasteiger partial charge in [0.25, 0.3) is 0 Å². The van der Waals surface area contributed by atoms with Crippen molar-refractivity contribution in [2.24, 2.45) is 0 Å². The maximum absolute atomic E-state index is 3.54. The summed E-state index contributed by atoms with van der Waals surface area (Å²) in [6.45, 7) is 3.09. The van der Waals surface area contributed by atoms with Crippen LogP contribution in [0, 0.1) is 3.57 Å². The van der Waals surface area contributed by atoms with E-state index in [2.05, 4.69) is 99.3 Å². The SMILES string of the molecule is C[C@@H](NCc1ccc(I)cc1)c1ccc(Br)cc1. The number of rotatable bonds is 4. The molecule has 0 aliphatic carbocycles. The zero-order chi connectivity index (χ0) is 13.0. The van der Waals surface area contributed by atoms with Crippen molar-refractivity contribution in [3.8, 4) is 0 Å². The smallest absolute Gasteiger partial charge is 0.0294 e. The molecule has 0 saturated carbocycles. The Morgan fingerprint density at radius 3 is 2.28 bits per heavy atom. The summed E-state index contributed by atoms with van der Waals surface area (Å²) >= 11 is 5.78. The van der Waals surface area contributed by atoms with E-state index in [0.29, 0.717) is 6.04 Å². The maximum Gasteiger partial charge on any atom is 0.0294 e. The lowest BCUT2D eigenvalue weighted by Crippen LogP contribution is -2.17. The van der Waals surface area contributed by atoms with E-state index in [1.165, 1.54) is 14.7 Å². The van der Waals surface area contributed by atoms with Crippen molar-refractivity contribution < 1.29 is 0 Å². The average Bonchev–Trinajstić information content (AvgIpc) is 2.38. The lowest BCUT2D eigenvalue weighted by atomic mass is 10.1. The third-order valence-corrected chi connectivity index (χ3v) is 4.14. The number of hydrogen-bond acceptors (Lipinski definition) is 1. The zero-order valence-corrected chi connectivity index (χ0v) is 13.9. The first-order valence-electron chi connectivity index (χ1n) is 5.88. The number of halogens is 2. The van der Waals surface area contributed by atoms with E-state index in [0.717, 1.165) is 11.0 Å². The van der Waals surface area contributed by atoms with Crippen molar-refractivity contribution in [3.63, 3.8) is 0 Å². The van der Waals surface area contributed by atoms with Crippen LogP contribution in [-0.4, -0.2) is 0 Å². The van der Waals surface area contributed by atoms with Gasteiger partial charge in [0.15, 0.2) is 0 Å². The Hall–Kier alpha value is -0.390. The highest BCUT2D eigenvalue weighted by atomic mass is 127. The van der Waals surface area contributed by atoms with Gasteiger partial charge in [0.2, 0.25) is 0 Å². The Morgan fingerprint density at radius 2 is 1.67 bits per heavy atom. The van der Waals surface area contributed by atoms with Crippen LogP contribution in [0.5, 0.6) is 0 Å². The Balaban J connectivity index is 1.93. The van der Waals surface area contributed by atoms with Gasteiger partial charge in [-0.25, -0.2) is 0 Å². The second-order valence-corrected chi connectivity index (χ2v) is 6.44. The van der Waals surface area contributed by atoms with E-state index in [9.17, 15) is 0 Å². The monoisotopic (exact) mass is 415 g/mol.